The highest BCUT2D eigenvalue weighted by molar-refractivity contribution is 5.91. The van der Waals surface area contributed by atoms with Crippen molar-refractivity contribution in [3.63, 3.8) is 0 Å². The molecule has 2 N–H and O–H groups in total. The van der Waals surface area contributed by atoms with Crippen molar-refractivity contribution in [2.75, 3.05) is 13.6 Å². The SMILES string of the molecule is CC(=O)[C@@]1(O)CC=C2C[C@@H]3[C@@H]4C=C[C@@](O)(C(C)=O)[C@@H]5OC1=C2[C@@]54CCN3C. The average molecular weight is 371 g/mol. The second-order valence-electron chi connectivity index (χ2n) is 8.86. The Kier molecular flexibility index (Phi) is 3.20. The van der Waals surface area contributed by atoms with Gasteiger partial charge in [0.25, 0.3) is 0 Å². The molecule has 0 aromatic rings. The van der Waals surface area contributed by atoms with E-state index in [9.17, 15) is 19.8 Å². The van der Waals surface area contributed by atoms with E-state index in [0.717, 1.165) is 24.1 Å². The van der Waals surface area contributed by atoms with Gasteiger partial charge in [-0.15, -0.1) is 0 Å². The van der Waals surface area contributed by atoms with Gasteiger partial charge in [0.1, 0.15) is 11.9 Å². The number of hydrogen-bond acceptors (Lipinski definition) is 6. The van der Waals surface area contributed by atoms with Gasteiger partial charge in [-0.05, 0) is 51.9 Å². The van der Waals surface area contributed by atoms with Gasteiger partial charge in [-0.2, -0.15) is 0 Å². The molecule has 0 aromatic carbocycles. The normalized spacial score (nSPS) is 47.3. The van der Waals surface area contributed by atoms with Crippen molar-refractivity contribution in [2.24, 2.45) is 11.3 Å². The van der Waals surface area contributed by atoms with Crippen LogP contribution in [0.5, 0.6) is 0 Å². The molecule has 6 nitrogen and oxygen atoms in total. The largest absolute Gasteiger partial charge is 0.486 e. The highest BCUT2D eigenvalue weighted by atomic mass is 16.5. The number of carbonyl (C=O) groups is 2. The van der Waals surface area contributed by atoms with Crippen LogP contribution in [0.25, 0.3) is 0 Å². The summed E-state index contributed by atoms with van der Waals surface area (Å²) in [7, 11) is 2.10. The zero-order valence-corrected chi connectivity index (χ0v) is 15.9. The van der Waals surface area contributed by atoms with Gasteiger partial charge < -0.3 is 19.8 Å². The lowest BCUT2D eigenvalue weighted by Crippen LogP contribution is -2.67. The second-order valence-corrected chi connectivity index (χ2v) is 8.86. The number of nitrogens with zero attached hydrogens (tertiary/aromatic N) is 1. The highest BCUT2D eigenvalue weighted by Crippen LogP contribution is 2.67. The summed E-state index contributed by atoms with van der Waals surface area (Å²) in [6.07, 6.45) is 6.39. The molecular formula is C21H25NO5. The van der Waals surface area contributed by atoms with E-state index in [1.807, 2.05) is 12.2 Å². The maximum Gasteiger partial charge on any atom is 0.183 e. The molecular weight excluding hydrogens is 346 g/mol. The maximum atomic E-state index is 12.4. The number of piperidine rings is 1. The Hall–Kier alpha value is -1.76. The molecule has 5 rings (SSSR count). The van der Waals surface area contributed by atoms with Gasteiger partial charge in [0, 0.05) is 29.4 Å². The van der Waals surface area contributed by atoms with Crippen LogP contribution in [0.4, 0.5) is 0 Å². The molecule has 2 heterocycles. The molecule has 1 saturated heterocycles. The molecule has 2 aliphatic heterocycles. The summed E-state index contributed by atoms with van der Waals surface area (Å²) in [5, 5.41) is 22.5. The molecule has 2 fully saturated rings. The molecule has 6 atom stereocenters. The van der Waals surface area contributed by atoms with Crippen LogP contribution in [-0.4, -0.2) is 63.6 Å². The first kappa shape index (κ1) is 17.3. The summed E-state index contributed by atoms with van der Waals surface area (Å²) >= 11 is 0. The lowest BCUT2D eigenvalue weighted by molar-refractivity contribution is -0.166. The number of Topliss-reactive ketones (excluding diaryl/α,β-unsaturated/α-hetero) is 2. The van der Waals surface area contributed by atoms with Gasteiger partial charge in [-0.25, -0.2) is 0 Å². The monoisotopic (exact) mass is 371 g/mol. The molecule has 0 unspecified atom stereocenters. The zero-order chi connectivity index (χ0) is 19.4. The Bertz CT molecular complexity index is 872. The van der Waals surface area contributed by atoms with Gasteiger partial charge >= 0.3 is 0 Å². The quantitative estimate of drug-likeness (QED) is 0.701. The van der Waals surface area contributed by atoms with Crippen LogP contribution in [0.3, 0.4) is 0 Å². The lowest BCUT2D eigenvalue weighted by atomic mass is 9.49. The van der Waals surface area contributed by atoms with Crippen molar-refractivity contribution >= 4 is 11.6 Å². The smallest absolute Gasteiger partial charge is 0.183 e. The molecule has 27 heavy (non-hydrogen) atoms. The van der Waals surface area contributed by atoms with Crippen LogP contribution in [-0.2, 0) is 14.3 Å². The maximum absolute atomic E-state index is 12.4. The van der Waals surface area contributed by atoms with Crippen molar-refractivity contribution < 1.29 is 24.5 Å². The molecule has 144 valence electrons. The Balaban J connectivity index is 1.80. The minimum atomic E-state index is -1.76. The van der Waals surface area contributed by atoms with E-state index in [1.54, 1.807) is 6.08 Å². The average Bonchev–Trinajstić information content (AvgIpc) is 2.98. The van der Waals surface area contributed by atoms with Crippen molar-refractivity contribution in [3.8, 4) is 0 Å². The van der Waals surface area contributed by atoms with E-state index < -0.39 is 22.7 Å². The second kappa shape index (κ2) is 4.99. The van der Waals surface area contributed by atoms with Crippen LogP contribution in [0.15, 0.2) is 35.1 Å². The number of hydrogen-bond donors (Lipinski definition) is 2. The van der Waals surface area contributed by atoms with Gasteiger partial charge in [0.2, 0.25) is 0 Å². The number of carbonyl (C=O) groups excluding carboxylic acids is 2. The molecule has 1 spiro atoms. The molecule has 0 radical (unpaired) electrons. The third-order valence-corrected chi connectivity index (χ3v) is 7.72. The molecule has 2 bridgehead atoms. The van der Waals surface area contributed by atoms with E-state index in [0.29, 0.717) is 6.42 Å². The van der Waals surface area contributed by atoms with E-state index in [2.05, 4.69) is 11.9 Å². The molecule has 0 amide bonds. The predicted octanol–water partition coefficient (Wildman–Crippen LogP) is 0.890. The number of likely N-dealkylation sites (tertiary alicyclic amines) is 1. The number of ketones is 2. The number of rotatable bonds is 2. The first-order valence-corrected chi connectivity index (χ1v) is 9.64. The van der Waals surface area contributed by atoms with Gasteiger partial charge in [0.15, 0.2) is 22.8 Å². The minimum absolute atomic E-state index is 0.0693. The van der Waals surface area contributed by atoms with Crippen LogP contribution >= 0.6 is 0 Å². The predicted molar refractivity (Wildman–Crippen MR) is 96.6 cm³/mol. The lowest BCUT2D eigenvalue weighted by Gasteiger charge is -2.59. The van der Waals surface area contributed by atoms with E-state index in [1.165, 1.54) is 13.8 Å². The zero-order valence-electron chi connectivity index (χ0n) is 15.9. The van der Waals surface area contributed by atoms with E-state index in [-0.39, 0.29) is 35.7 Å². The fourth-order valence-electron chi connectivity index (χ4n) is 6.17. The third kappa shape index (κ3) is 1.77. The molecule has 6 heteroatoms. The minimum Gasteiger partial charge on any atom is -0.486 e. The summed E-state index contributed by atoms with van der Waals surface area (Å²) in [5.74, 6) is -0.413. The molecule has 0 aromatic heterocycles. The van der Waals surface area contributed by atoms with Crippen LogP contribution in [0.1, 0.15) is 33.1 Å². The van der Waals surface area contributed by atoms with Crippen molar-refractivity contribution in [2.45, 2.75) is 56.5 Å². The van der Waals surface area contributed by atoms with Gasteiger partial charge in [0.05, 0.1) is 0 Å². The summed E-state index contributed by atoms with van der Waals surface area (Å²) in [5.41, 5.74) is -2.10. The molecule has 3 aliphatic carbocycles. The first-order chi connectivity index (χ1) is 12.7. The van der Waals surface area contributed by atoms with Crippen LogP contribution in [0.2, 0.25) is 0 Å². The van der Waals surface area contributed by atoms with Crippen molar-refractivity contribution in [1.82, 2.24) is 4.90 Å². The van der Waals surface area contributed by atoms with Gasteiger partial charge in [-0.3, -0.25) is 9.59 Å². The molecule has 1 saturated carbocycles. The Morgan fingerprint density at radius 2 is 2.00 bits per heavy atom. The Morgan fingerprint density at radius 1 is 1.26 bits per heavy atom. The fourth-order valence-corrected chi connectivity index (χ4v) is 6.17. The van der Waals surface area contributed by atoms with E-state index in [4.69, 9.17) is 4.74 Å². The van der Waals surface area contributed by atoms with Crippen molar-refractivity contribution in [3.05, 3.63) is 35.1 Å². The summed E-state index contributed by atoms with van der Waals surface area (Å²) in [6, 6.07) is 0.246. The van der Waals surface area contributed by atoms with Crippen molar-refractivity contribution in [1.29, 1.82) is 0 Å². The van der Waals surface area contributed by atoms with Crippen LogP contribution < -0.4 is 0 Å². The summed E-state index contributed by atoms with van der Waals surface area (Å²) in [6.45, 7) is 3.54. The fraction of sp³-hybridized carbons (Fsp3) is 0.619. The topological polar surface area (TPSA) is 87.1 Å². The van der Waals surface area contributed by atoms with Crippen LogP contribution in [0, 0.1) is 11.3 Å². The summed E-state index contributed by atoms with van der Waals surface area (Å²) in [4.78, 5) is 27.1. The summed E-state index contributed by atoms with van der Waals surface area (Å²) < 4.78 is 6.24. The third-order valence-electron chi connectivity index (χ3n) is 7.72. The Labute approximate surface area is 158 Å². The van der Waals surface area contributed by atoms with E-state index >= 15 is 0 Å². The number of aliphatic hydroxyl groups is 2. The van der Waals surface area contributed by atoms with Gasteiger partial charge in [-0.1, -0.05) is 12.2 Å². The number of ether oxygens (including phenoxy) is 1. The standard InChI is InChI=1S/C21H25NO5/c1-11(23)20(25)6-4-13-10-15-14-5-7-21(26,12(2)24)18-19(14,8-9-22(15)3)16(13)17(20)27-18/h4-5,7,14-15,18,25-26H,6,8-10H2,1-3H3/t14-,15+,18+,19-,20-,21+/m0/s1. The highest BCUT2D eigenvalue weighted by Gasteiger charge is 2.71. The first-order valence-electron chi connectivity index (χ1n) is 9.64. The molecule has 5 aliphatic rings. The Morgan fingerprint density at radius 3 is 2.67 bits per heavy atom.